The van der Waals surface area contributed by atoms with Gasteiger partial charge in [0.15, 0.2) is 0 Å². The first kappa shape index (κ1) is 18.5. The summed E-state index contributed by atoms with van der Waals surface area (Å²) in [5.41, 5.74) is 4.04. The van der Waals surface area contributed by atoms with Gasteiger partial charge in [-0.25, -0.2) is 9.48 Å². The largest absolute Gasteiger partial charge is 0.444 e. The van der Waals surface area contributed by atoms with Crippen LogP contribution in [0.2, 0.25) is 0 Å². The lowest BCUT2D eigenvalue weighted by Crippen LogP contribution is -2.46. The van der Waals surface area contributed by atoms with Gasteiger partial charge in [-0.1, -0.05) is 15.9 Å². The van der Waals surface area contributed by atoms with Gasteiger partial charge < -0.3 is 10.1 Å². The maximum absolute atomic E-state index is 12.8. The quantitative estimate of drug-likeness (QED) is 0.747. The van der Waals surface area contributed by atoms with Crippen LogP contribution in [0.15, 0.2) is 28.7 Å². The molecule has 1 amide bonds. The molecule has 3 heterocycles. The van der Waals surface area contributed by atoms with Crippen molar-refractivity contribution < 1.29 is 9.53 Å². The van der Waals surface area contributed by atoms with E-state index < -0.39 is 5.60 Å². The van der Waals surface area contributed by atoms with Crippen LogP contribution in [-0.2, 0) is 17.6 Å². The summed E-state index contributed by atoms with van der Waals surface area (Å²) in [6, 6.07) is 8.17. The molecular formula is C20H25BrN4O2. The molecule has 0 bridgehead atoms. The van der Waals surface area contributed by atoms with Crippen LogP contribution in [0.3, 0.4) is 0 Å². The predicted octanol–water partition coefficient (Wildman–Crippen LogP) is 3.61. The second kappa shape index (κ2) is 6.95. The molecule has 1 N–H and O–H groups in total. The zero-order chi connectivity index (χ0) is 19.2. The van der Waals surface area contributed by atoms with Gasteiger partial charge in [0, 0.05) is 42.5 Å². The minimum absolute atomic E-state index is 0.0368. The van der Waals surface area contributed by atoms with E-state index in [1.165, 1.54) is 11.3 Å². The van der Waals surface area contributed by atoms with Crippen molar-refractivity contribution in [2.45, 2.75) is 45.3 Å². The Bertz CT molecular complexity index is 854. The van der Waals surface area contributed by atoms with Gasteiger partial charge in [0.1, 0.15) is 5.60 Å². The van der Waals surface area contributed by atoms with E-state index in [4.69, 9.17) is 9.84 Å². The fourth-order valence-electron chi connectivity index (χ4n) is 3.86. The van der Waals surface area contributed by atoms with Gasteiger partial charge in [-0.2, -0.15) is 5.10 Å². The fourth-order valence-corrected chi connectivity index (χ4v) is 4.12. The highest BCUT2D eigenvalue weighted by Gasteiger charge is 2.38. The number of nitrogens with one attached hydrogen (secondary N) is 1. The van der Waals surface area contributed by atoms with Crippen molar-refractivity contribution in [1.82, 2.24) is 20.0 Å². The van der Waals surface area contributed by atoms with Crippen molar-refractivity contribution in [2.75, 3.05) is 19.6 Å². The minimum Gasteiger partial charge on any atom is -0.444 e. The Morgan fingerprint density at radius 2 is 2.00 bits per heavy atom. The van der Waals surface area contributed by atoms with E-state index in [0.29, 0.717) is 6.54 Å². The third-order valence-electron chi connectivity index (χ3n) is 4.97. The van der Waals surface area contributed by atoms with Gasteiger partial charge in [0.25, 0.3) is 0 Å². The molecule has 0 radical (unpaired) electrons. The number of carbonyl (C=O) groups excluding carboxylic acids is 1. The smallest absolute Gasteiger partial charge is 0.410 e. The highest BCUT2D eigenvalue weighted by molar-refractivity contribution is 9.10. The van der Waals surface area contributed by atoms with Gasteiger partial charge in [0.05, 0.1) is 23.1 Å². The number of rotatable bonds is 1. The normalized spacial score (nSPS) is 19.4. The highest BCUT2D eigenvalue weighted by atomic mass is 79.9. The average molecular weight is 433 g/mol. The Hall–Kier alpha value is -1.86. The van der Waals surface area contributed by atoms with Crippen LogP contribution in [0.1, 0.15) is 43.8 Å². The van der Waals surface area contributed by atoms with E-state index in [-0.39, 0.29) is 12.1 Å². The van der Waals surface area contributed by atoms with Crippen LogP contribution in [-0.4, -0.2) is 46.0 Å². The number of benzene rings is 1. The van der Waals surface area contributed by atoms with E-state index in [0.717, 1.165) is 41.8 Å². The van der Waals surface area contributed by atoms with Gasteiger partial charge in [-0.15, -0.1) is 0 Å². The Balaban J connectivity index is 1.73. The molecule has 0 saturated heterocycles. The summed E-state index contributed by atoms with van der Waals surface area (Å²) in [4.78, 5) is 14.7. The molecule has 2 aromatic rings. The van der Waals surface area contributed by atoms with Crippen LogP contribution in [0.4, 0.5) is 4.79 Å². The third-order valence-corrected chi connectivity index (χ3v) is 5.50. The molecular weight excluding hydrogens is 408 g/mol. The van der Waals surface area contributed by atoms with Crippen molar-refractivity contribution in [3.8, 4) is 5.69 Å². The second-order valence-electron chi connectivity index (χ2n) is 8.09. The molecule has 0 spiro atoms. The van der Waals surface area contributed by atoms with Crippen molar-refractivity contribution in [2.24, 2.45) is 0 Å². The number of nitrogens with zero attached hydrogens (tertiary/aromatic N) is 3. The number of hydrogen-bond donors (Lipinski definition) is 1. The summed E-state index contributed by atoms with van der Waals surface area (Å²) in [6.07, 6.45) is 1.39. The molecule has 4 rings (SSSR count). The molecule has 144 valence electrons. The van der Waals surface area contributed by atoms with Crippen molar-refractivity contribution in [3.63, 3.8) is 0 Å². The monoisotopic (exact) mass is 432 g/mol. The van der Waals surface area contributed by atoms with E-state index in [1.807, 2.05) is 37.8 Å². The summed E-state index contributed by atoms with van der Waals surface area (Å²) in [7, 11) is 0. The summed E-state index contributed by atoms with van der Waals surface area (Å²) >= 11 is 3.49. The number of ether oxygens (including phenoxy) is 1. The Labute approximate surface area is 168 Å². The zero-order valence-electron chi connectivity index (χ0n) is 16.0. The van der Waals surface area contributed by atoms with Crippen LogP contribution >= 0.6 is 15.9 Å². The number of hydrogen-bond acceptors (Lipinski definition) is 4. The van der Waals surface area contributed by atoms with E-state index >= 15 is 0 Å². The first-order chi connectivity index (χ1) is 12.8. The molecule has 7 heteroatoms. The van der Waals surface area contributed by atoms with Crippen molar-refractivity contribution in [3.05, 3.63) is 45.7 Å². The van der Waals surface area contributed by atoms with Crippen molar-refractivity contribution in [1.29, 1.82) is 0 Å². The topological polar surface area (TPSA) is 59.4 Å². The summed E-state index contributed by atoms with van der Waals surface area (Å²) in [5, 5.41) is 8.37. The lowest BCUT2D eigenvalue weighted by molar-refractivity contribution is 0.0142. The molecule has 1 aromatic heterocycles. The first-order valence-electron chi connectivity index (χ1n) is 9.40. The maximum atomic E-state index is 12.8. The van der Waals surface area contributed by atoms with Gasteiger partial charge in [-0.05, 0) is 45.0 Å². The number of aromatic nitrogens is 2. The molecule has 6 nitrogen and oxygen atoms in total. The highest BCUT2D eigenvalue weighted by Crippen LogP contribution is 2.36. The predicted molar refractivity (Wildman–Crippen MR) is 107 cm³/mol. The molecule has 0 saturated carbocycles. The fraction of sp³-hybridized carbons (Fsp3) is 0.500. The Morgan fingerprint density at radius 1 is 1.26 bits per heavy atom. The second-order valence-corrected chi connectivity index (χ2v) is 9.00. The number of amides is 1. The van der Waals surface area contributed by atoms with E-state index in [2.05, 4.69) is 38.1 Å². The molecule has 2 aliphatic heterocycles. The van der Waals surface area contributed by atoms with E-state index in [1.54, 1.807) is 0 Å². The summed E-state index contributed by atoms with van der Waals surface area (Å²) < 4.78 is 8.77. The summed E-state index contributed by atoms with van der Waals surface area (Å²) in [6.45, 7) is 7.94. The van der Waals surface area contributed by atoms with E-state index in [9.17, 15) is 4.79 Å². The van der Waals surface area contributed by atoms with Crippen LogP contribution in [0, 0.1) is 0 Å². The molecule has 0 fully saturated rings. The number of carbonyl (C=O) groups is 1. The minimum atomic E-state index is -0.500. The third kappa shape index (κ3) is 3.62. The Kier molecular flexibility index (Phi) is 4.76. The van der Waals surface area contributed by atoms with Gasteiger partial charge in [-0.3, -0.25) is 4.90 Å². The first-order valence-corrected chi connectivity index (χ1v) is 10.2. The molecule has 0 aliphatic carbocycles. The Morgan fingerprint density at radius 3 is 2.70 bits per heavy atom. The van der Waals surface area contributed by atoms with Gasteiger partial charge >= 0.3 is 6.09 Å². The average Bonchev–Trinajstić information content (AvgIpc) is 2.83. The lowest BCUT2D eigenvalue weighted by Gasteiger charge is -2.36. The molecule has 27 heavy (non-hydrogen) atoms. The summed E-state index contributed by atoms with van der Waals surface area (Å²) in [5.74, 6) is 0. The van der Waals surface area contributed by atoms with Crippen LogP contribution < -0.4 is 5.32 Å². The molecule has 1 atom stereocenters. The standard InChI is InChI=1S/C20H25BrN4O2/c1-20(2,3)27-19(26)24-11-9-16-18-15(8-10-22-12-17(18)24)23-25(16)14-6-4-13(21)5-7-14/h4-7,17,22H,8-12H2,1-3H3/t17-/m0/s1. The molecule has 1 aromatic carbocycles. The number of halogens is 1. The van der Waals surface area contributed by atoms with Crippen LogP contribution in [0.5, 0.6) is 0 Å². The maximum Gasteiger partial charge on any atom is 0.410 e. The molecule has 0 unspecified atom stereocenters. The van der Waals surface area contributed by atoms with Gasteiger partial charge in [0.2, 0.25) is 0 Å². The SMILES string of the molecule is CC(C)(C)OC(=O)N1CCc2c3c(nn2-c2ccc(Br)cc2)CCNC[C@@H]31. The molecule has 2 aliphatic rings. The lowest BCUT2D eigenvalue weighted by atomic mass is 9.96. The van der Waals surface area contributed by atoms with Crippen molar-refractivity contribution >= 4 is 22.0 Å². The zero-order valence-corrected chi connectivity index (χ0v) is 17.5. The van der Waals surface area contributed by atoms with Crippen LogP contribution in [0.25, 0.3) is 5.69 Å².